The molecule has 1 heteroatoms. The predicted molar refractivity (Wildman–Crippen MR) is 195 cm³/mol. The summed E-state index contributed by atoms with van der Waals surface area (Å²) >= 11 is -2.88. The summed E-state index contributed by atoms with van der Waals surface area (Å²) < 4.78 is 2.43. The second-order valence-corrected chi connectivity index (χ2v) is 21.9. The number of fused-ring (bicyclic) bond motifs is 4. The van der Waals surface area contributed by atoms with Gasteiger partial charge in [-0.25, -0.2) is 0 Å². The van der Waals surface area contributed by atoms with Gasteiger partial charge in [-0.2, -0.15) is 0 Å². The maximum atomic E-state index is 2.61. The predicted octanol–water partition coefficient (Wildman–Crippen LogP) is 11.6. The molecule has 2 aliphatic rings. The molecular weight excluding hydrogens is 632 g/mol. The third-order valence-corrected chi connectivity index (χ3v) is 18.9. The average Bonchev–Trinajstić information content (AvgIpc) is 3.58. The van der Waals surface area contributed by atoms with E-state index in [-0.39, 0.29) is 10.8 Å². The van der Waals surface area contributed by atoms with Gasteiger partial charge in [0, 0.05) is 0 Å². The van der Waals surface area contributed by atoms with Crippen LogP contribution in [0.25, 0.3) is 17.2 Å². The summed E-state index contributed by atoms with van der Waals surface area (Å²) in [6.07, 6.45) is 5.05. The van der Waals surface area contributed by atoms with Gasteiger partial charge in [0.1, 0.15) is 0 Å². The third kappa shape index (κ3) is 5.50. The number of benzene rings is 5. The van der Waals surface area contributed by atoms with Gasteiger partial charge >= 0.3 is 286 Å². The van der Waals surface area contributed by atoms with Gasteiger partial charge in [-0.3, -0.25) is 0 Å². The van der Waals surface area contributed by atoms with Crippen molar-refractivity contribution >= 4 is 9.28 Å². The molecule has 230 valence electrons. The normalized spacial score (nSPS) is 15.4. The Morgan fingerprint density at radius 2 is 1.09 bits per heavy atom. The second kappa shape index (κ2) is 11.7. The van der Waals surface area contributed by atoms with Crippen molar-refractivity contribution in [3.8, 4) is 11.1 Å². The SMILES string of the molecule is Cc1cc(C)c2c(c1)C=C[CH]2[Zr](=[C](c1ccccc1)c1ccccc1)[CH]1c2cc(C(C)(C)C)ccc2-c2ccc(C(C)(C)C)cc21. The van der Waals surface area contributed by atoms with Crippen molar-refractivity contribution in [2.45, 2.75) is 73.5 Å². The van der Waals surface area contributed by atoms with Crippen LogP contribution in [0.1, 0.15) is 104 Å². The summed E-state index contributed by atoms with van der Waals surface area (Å²) in [4.78, 5) is 0. The van der Waals surface area contributed by atoms with Gasteiger partial charge in [-0.05, 0) is 0 Å². The fourth-order valence-corrected chi connectivity index (χ4v) is 18.0. The van der Waals surface area contributed by atoms with Crippen LogP contribution in [0.4, 0.5) is 0 Å². The number of aryl methyl sites for hydroxylation is 2. The van der Waals surface area contributed by atoms with Gasteiger partial charge in [0.05, 0.1) is 0 Å². The molecule has 0 fully saturated rings. The van der Waals surface area contributed by atoms with Gasteiger partial charge in [-0.15, -0.1) is 0 Å². The number of allylic oxidation sites excluding steroid dienone is 1. The van der Waals surface area contributed by atoms with Crippen molar-refractivity contribution in [3.63, 3.8) is 0 Å². The molecule has 0 aromatic heterocycles. The first-order chi connectivity index (χ1) is 21.9. The van der Waals surface area contributed by atoms with Crippen LogP contribution >= 0.6 is 0 Å². The monoisotopic (exact) mass is 676 g/mol. The molecule has 5 aromatic rings. The zero-order valence-corrected chi connectivity index (χ0v) is 31.2. The van der Waals surface area contributed by atoms with Crippen LogP contribution in [0.5, 0.6) is 0 Å². The fourth-order valence-electron chi connectivity index (χ4n) is 7.85. The number of rotatable bonds is 4. The molecule has 46 heavy (non-hydrogen) atoms. The van der Waals surface area contributed by atoms with Crippen LogP contribution in [0.2, 0.25) is 0 Å². The van der Waals surface area contributed by atoms with Crippen LogP contribution in [0, 0.1) is 13.8 Å². The van der Waals surface area contributed by atoms with Crippen molar-refractivity contribution in [3.05, 3.63) is 171 Å². The average molecular weight is 678 g/mol. The molecule has 0 N–H and O–H groups in total. The van der Waals surface area contributed by atoms with E-state index in [9.17, 15) is 0 Å². The first-order valence-corrected chi connectivity index (χ1v) is 20.9. The Morgan fingerprint density at radius 3 is 1.57 bits per heavy atom. The van der Waals surface area contributed by atoms with Crippen LogP contribution in [-0.2, 0) is 32.1 Å². The molecule has 0 heterocycles. The van der Waals surface area contributed by atoms with Crippen molar-refractivity contribution in [2.24, 2.45) is 0 Å². The molecule has 0 nitrogen and oxygen atoms in total. The first-order valence-electron chi connectivity index (χ1n) is 16.9. The Balaban J connectivity index is 1.64. The van der Waals surface area contributed by atoms with E-state index in [1.807, 2.05) is 0 Å². The zero-order valence-electron chi connectivity index (χ0n) is 28.7. The Labute approximate surface area is 284 Å². The van der Waals surface area contributed by atoms with Gasteiger partial charge in [0.25, 0.3) is 0 Å². The summed E-state index contributed by atoms with van der Waals surface area (Å²) in [5.41, 5.74) is 17.6. The molecule has 0 radical (unpaired) electrons. The van der Waals surface area contributed by atoms with Gasteiger partial charge in [0.2, 0.25) is 0 Å². The van der Waals surface area contributed by atoms with E-state index >= 15 is 0 Å². The molecule has 1 atom stereocenters. The second-order valence-electron chi connectivity index (χ2n) is 15.5. The van der Waals surface area contributed by atoms with Crippen molar-refractivity contribution < 1.29 is 21.3 Å². The maximum absolute atomic E-state index is 2.88. The van der Waals surface area contributed by atoms with Crippen molar-refractivity contribution in [2.75, 3.05) is 0 Å². The van der Waals surface area contributed by atoms with Crippen molar-refractivity contribution in [1.82, 2.24) is 0 Å². The van der Waals surface area contributed by atoms with Gasteiger partial charge in [0.15, 0.2) is 0 Å². The Morgan fingerprint density at radius 1 is 0.587 bits per heavy atom. The summed E-state index contributed by atoms with van der Waals surface area (Å²) in [6.45, 7) is 18.7. The Bertz CT molecular complexity index is 1910. The summed E-state index contributed by atoms with van der Waals surface area (Å²) in [5.74, 6) is 0. The molecular formula is C45H46Zr. The molecule has 0 bridgehead atoms. The summed E-state index contributed by atoms with van der Waals surface area (Å²) in [5, 5.41) is 0. The van der Waals surface area contributed by atoms with Crippen LogP contribution in [0.3, 0.4) is 0 Å². The molecule has 1 unspecified atom stereocenters. The summed E-state index contributed by atoms with van der Waals surface area (Å²) in [7, 11) is 0. The standard InChI is InChI=1S/C21H25.C13H10.C11H11.Zr/c1-20(2,3)16-7-9-18-14(12-16)11-15-13-17(21(4,5)6)8-10-19(15)18;1-3-7-12(8-4-1)11-13-9-5-2-6-10-13;1-8-6-9(2)11-5-3-4-10(11)7-8;/h7-13H,1-6H3;1-10H;3-7H,1-2H3;. The molecule has 0 aliphatic heterocycles. The van der Waals surface area contributed by atoms with E-state index in [1.54, 1.807) is 19.9 Å². The molecule has 0 saturated carbocycles. The molecule has 0 spiro atoms. The molecule has 2 aliphatic carbocycles. The van der Waals surface area contributed by atoms with E-state index in [4.69, 9.17) is 0 Å². The van der Waals surface area contributed by atoms with Crippen molar-refractivity contribution in [1.29, 1.82) is 0 Å². The van der Waals surface area contributed by atoms with E-state index in [0.717, 1.165) is 0 Å². The third-order valence-electron chi connectivity index (χ3n) is 10.1. The minimum atomic E-state index is -2.88. The zero-order chi connectivity index (χ0) is 32.4. The topological polar surface area (TPSA) is 0 Å². The van der Waals surface area contributed by atoms with Crippen LogP contribution in [0.15, 0.2) is 115 Å². The van der Waals surface area contributed by atoms with E-state index in [0.29, 0.717) is 7.25 Å². The first kappa shape index (κ1) is 31.2. The minimum absolute atomic E-state index is 0.0772. The number of hydrogen-bond acceptors (Lipinski definition) is 0. The Kier molecular flexibility index (Phi) is 7.93. The molecule has 0 amide bonds. The fraction of sp³-hybridized carbons (Fsp3) is 0.267. The molecule has 7 rings (SSSR count). The van der Waals surface area contributed by atoms with Crippen LogP contribution < -0.4 is 0 Å². The van der Waals surface area contributed by atoms with E-state index in [1.165, 1.54) is 50.1 Å². The van der Waals surface area contributed by atoms with Crippen LogP contribution in [-0.4, -0.2) is 3.21 Å². The summed E-state index contributed by atoms with van der Waals surface area (Å²) in [6, 6.07) is 42.5. The van der Waals surface area contributed by atoms with Gasteiger partial charge in [-0.1, -0.05) is 0 Å². The van der Waals surface area contributed by atoms with E-state index in [2.05, 4.69) is 177 Å². The molecule has 5 aromatic carbocycles. The number of hydrogen-bond donors (Lipinski definition) is 0. The quantitative estimate of drug-likeness (QED) is 0.178. The molecule has 0 saturated heterocycles. The Hall–Kier alpha value is -3.41. The van der Waals surface area contributed by atoms with Gasteiger partial charge < -0.3 is 0 Å². The van der Waals surface area contributed by atoms with E-state index < -0.39 is 21.3 Å².